The van der Waals surface area contributed by atoms with Gasteiger partial charge in [0.05, 0.1) is 5.52 Å². The topological polar surface area (TPSA) is 50.9 Å². The SMILES string of the molecule is Cc1cc2ccc(F)cc2nc1NN.Cl. The number of hydrogen-bond acceptors (Lipinski definition) is 3. The molecule has 0 bridgehead atoms. The summed E-state index contributed by atoms with van der Waals surface area (Å²) < 4.78 is 12.9. The van der Waals surface area contributed by atoms with Crippen molar-refractivity contribution in [1.29, 1.82) is 0 Å². The summed E-state index contributed by atoms with van der Waals surface area (Å²) in [5.74, 6) is 5.55. The third kappa shape index (κ3) is 2.16. The number of hydrazine groups is 1. The number of pyridine rings is 1. The van der Waals surface area contributed by atoms with Crippen LogP contribution in [0.15, 0.2) is 24.3 Å². The molecule has 1 heterocycles. The lowest BCUT2D eigenvalue weighted by molar-refractivity contribution is 0.629. The summed E-state index contributed by atoms with van der Waals surface area (Å²) in [4.78, 5) is 4.18. The number of nitrogens with zero attached hydrogens (tertiary/aromatic N) is 1. The van der Waals surface area contributed by atoms with Crippen LogP contribution < -0.4 is 11.3 Å². The number of benzene rings is 1. The van der Waals surface area contributed by atoms with Crippen molar-refractivity contribution in [1.82, 2.24) is 4.98 Å². The molecule has 0 saturated heterocycles. The Hall–Kier alpha value is -1.39. The number of anilines is 1. The van der Waals surface area contributed by atoms with Gasteiger partial charge in [-0.1, -0.05) is 0 Å². The van der Waals surface area contributed by atoms with Crippen molar-refractivity contribution in [2.45, 2.75) is 6.92 Å². The molecular formula is C10H11ClFN3. The molecule has 0 aliphatic rings. The van der Waals surface area contributed by atoms with E-state index in [9.17, 15) is 4.39 Å². The molecule has 0 radical (unpaired) electrons. The van der Waals surface area contributed by atoms with Crippen LogP contribution in [0.3, 0.4) is 0 Å². The molecule has 2 rings (SSSR count). The fraction of sp³-hybridized carbons (Fsp3) is 0.100. The van der Waals surface area contributed by atoms with Crippen molar-refractivity contribution in [2.24, 2.45) is 5.84 Å². The monoisotopic (exact) mass is 227 g/mol. The lowest BCUT2D eigenvalue weighted by atomic mass is 10.1. The van der Waals surface area contributed by atoms with E-state index in [0.717, 1.165) is 10.9 Å². The molecule has 1 aromatic carbocycles. The quantitative estimate of drug-likeness (QED) is 0.581. The van der Waals surface area contributed by atoms with Crippen LogP contribution in [0.4, 0.5) is 10.2 Å². The maximum Gasteiger partial charge on any atom is 0.143 e. The zero-order valence-corrected chi connectivity index (χ0v) is 8.94. The number of fused-ring (bicyclic) bond motifs is 1. The minimum Gasteiger partial charge on any atom is -0.308 e. The van der Waals surface area contributed by atoms with Crippen LogP contribution in [0.25, 0.3) is 10.9 Å². The van der Waals surface area contributed by atoms with Gasteiger partial charge in [-0.25, -0.2) is 15.2 Å². The van der Waals surface area contributed by atoms with Gasteiger partial charge in [-0.2, -0.15) is 0 Å². The lowest BCUT2D eigenvalue weighted by Crippen LogP contribution is -2.10. The second-order valence-corrected chi connectivity index (χ2v) is 3.14. The second-order valence-electron chi connectivity index (χ2n) is 3.14. The smallest absolute Gasteiger partial charge is 0.143 e. The van der Waals surface area contributed by atoms with Gasteiger partial charge in [0, 0.05) is 11.5 Å². The molecule has 0 saturated carbocycles. The van der Waals surface area contributed by atoms with Crippen LogP contribution in [-0.4, -0.2) is 4.98 Å². The predicted molar refractivity (Wildman–Crippen MR) is 61.5 cm³/mol. The Balaban J connectivity index is 0.00000112. The van der Waals surface area contributed by atoms with Crippen molar-refractivity contribution in [3.63, 3.8) is 0 Å². The average Bonchev–Trinajstić information content (AvgIpc) is 2.17. The van der Waals surface area contributed by atoms with E-state index in [0.29, 0.717) is 11.3 Å². The number of nitrogen functional groups attached to an aromatic ring is 1. The lowest BCUT2D eigenvalue weighted by Gasteiger charge is -2.05. The van der Waals surface area contributed by atoms with Gasteiger partial charge in [0.2, 0.25) is 0 Å². The van der Waals surface area contributed by atoms with Gasteiger partial charge < -0.3 is 5.43 Å². The van der Waals surface area contributed by atoms with E-state index in [1.165, 1.54) is 12.1 Å². The van der Waals surface area contributed by atoms with Crippen LogP contribution in [0, 0.1) is 12.7 Å². The van der Waals surface area contributed by atoms with Gasteiger partial charge >= 0.3 is 0 Å². The number of rotatable bonds is 1. The van der Waals surface area contributed by atoms with E-state index in [4.69, 9.17) is 5.84 Å². The minimum absolute atomic E-state index is 0. The highest BCUT2D eigenvalue weighted by Crippen LogP contribution is 2.19. The number of nitrogens with two attached hydrogens (primary N) is 1. The largest absolute Gasteiger partial charge is 0.308 e. The highest BCUT2D eigenvalue weighted by atomic mass is 35.5. The van der Waals surface area contributed by atoms with Crippen molar-refractivity contribution >= 4 is 29.1 Å². The van der Waals surface area contributed by atoms with Gasteiger partial charge in [0.15, 0.2) is 0 Å². The standard InChI is InChI=1S/C10H10FN3.ClH/c1-6-4-7-2-3-8(11)5-9(7)13-10(6)14-12;/h2-5H,12H2,1H3,(H,13,14);1H. The summed E-state index contributed by atoms with van der Waals surface area (Å²) in [5, 5.41) is 0.905. The molecule has 5 heteroatoms. The maximum absolute atomic E-state index is 12.9. The summed E-state index contributed by atoms with van der Waals surface area (Å²) in [6.07, 6.45) is 0. The fourth-order valence-corrected chi connectivity index (χ4v) is 1.39. The van der Waals surface area contributed by atoms with E-state index < -0.39 is 0 Å². The molecule has 3 nitrogen and oxygen atoms in total. The highest BCUT2D eigenvalue weighted by Gasteiger charge is 2.02. The summed E-state index contributed by atoms with van der Waals surface area (Å²) in [7, 11) is 0. The number of halogens is 2. The summed E-state index contributed by atoms with van der Waals surface area (Å²) in [6, 6.07) is 6.41. The molecule has 1 aromatic heterocycles. The molecular weight excluding hydrogens is 217 g/mol. The zero-order chi connectivity index (χ0) is 10.1. The number of aryl methyl sites for hydroxylation is 1. The molecule has 0 spiro atoms. The molecule has 0 atom stereocenters. The van der Waals surface area contributed by atoms with E-state index in [1.54, 1.807) is 6.07 Å². The Labute approximate surface area is 92.9 Å². The molecule has 80 valence electrons. The van der Waals surface area contributed by atoms with Crippen LogP contribution in [-0.2, 0) is 0 Å². The highest BCUT2D eigenvalue weighted by molar-refractivity contribution is 5.85. The van der Waals surface area contributed by atoms with Gasteiger partial charge in [-0.05, 0) is 30.7 Å². The first kappa shape index (κ1) is 11.7. The van der Waals surface area contributed by atoms with Gasteiger partial charge in [-0.15, -0.1) is 12.4 Å². The summed E-state index contributed by atoms with van der Waals surface area (Å²) in [6.45, 7) is 1.89. The Morgan fingerprint density at radius 2 is 2.07 bits per heavy atom. The molecule has 0 aliphatic carbocycles. The Morgan fingerprint density at radius 3 is 2.73 bits per heavy atom. The normalized spacial score (nSPS) is 9.80. The Morgan fingerprint density at radius 1 is 1.33 bits per heavy atom. The van der Waals surface area contributed by atoms with E-state index in [-0.39, 0.29) is 18.2 Å². The van der Waals surface area contributed by atoms with Crippen LogP contribution in [0.2, 0.25) is 0 Å². The first-order valence-corrected chi connectivity index (χ1v) is 4.24. The van der Waals surface area contributed by atoms with Crippen LogP contribution in [0.1, 0.15) is 5.56 Å². The van der Waals surface area contributed by atoms with Crippen molar-refractivity contribution in [3.05, 3.63) is 35.6 Å². The average molecular weight is 228 g/mol. The van der Waals surface area contributed by atoms with Crippen LogP contribution in [0.5, 0.6) is 0 Å². The van der Waals surface area contributed by atoms with Gasteiger partial charge in [0.1, 0.15) is 11.6 Å². The second kappa shape index (κ2) is 4.42. The number of nitrogens with one attached hydrogen (secondary N) is 1. The molecule has 0 amide bonds. The molecule has 0 unspecified atom stereocenters. The van der Waals surface area contributed by atoms with E-state index >= 15 is 0 Å². The van der Waals surface area contributed by atoms with Crippen LogP contribution >= 0.6 is 12.4 Å². The van der Waals surface area contributed by atoms with Gasteiger partial charge in [-0.3, -0.25) is 0 Å². The maximum atomic E-state index is 12.9. The summed E-state index contributed by atoms with van der Waals surface area (Å²) in [5.41, 5.74) is 4.01. The molecule has 15 heavy (non-hydrogen) atoms. The first-order valence-electron chi connectivity index (χ1n) is 4.24. The van der Waals surface area contributed by atoms with Crippen molar-refractivity contribution in [3.8, 4) is 0 Å². The molecule has 0 fully saturated rings. The Bertz CT molecular complexity index is 487. The Kier molecular flexibility index (Phi) is 3.44. The minimum atomic E-state index is -0.295. The van der Waals surface area contributed by atoms with Crippen molar-refractivity contribution < 1.29 is 4.39 Å². The number of aromatic nitrogens is 1. The molecule has 2 aromatic rings. The summed E-state index contributed by atoms with van der Waals surface area (Å²) >= 11 is 0. The van der Waals surface area contributed by atoms with Crippen molar-refractivity contribution in [2.75, 3.05) is 5.43 Å². The third-order valence-electron chi connectivity index (χ3n) is 2.11. The third-order valence-corrected chi connectivity index (χ3v) is 2.11. The zero-order valence-electron chi connectivity index (χ0n) is 8.12. The van der Waals surface area contributed by atoms with Gasteiger partial charge in [0.25, 0.3) is 0 Å². The van der Waals surface area contributed by atoms with E-state index in [1.807, 2.05) is 13.0 Å². The fourth-order valence-electron chi connectivity index (χ4n) is 1.39. The molecule has 0 aliphatic heterocycles. The van der Waals surface area contributed by atoms with E-state index in [2.05, 4.69) is 10.4 Å². The predicted octanol–water partition coefficient (Wildman–Crippen LogP) is 2.39. The molecule has 3 N–H and O–H groups in total. The first-order chi connectivity index (χ1) is 6.70. The number of hydrogen-bond donors (Lipinski definition) is 2.